The Kier molecular flexibility index (Phi) is 8.22. The van der Waals surface area contributed by atoms with Crippen LogP contribution >= 0.6 is 0 Å². The summed E-state index contributed by atoms with van der Waals surface area (Å²) in [6.07, 6.45) is 1.90. The van der Waals surface area contributed by atoms with Crippen molar-refractivity contribution in [2.24, 2.45) is 0 Å². The zero-order valence-electron chi connectivity index (χ0n) is 14.0. The predicted molar refractivity (Wildman–Crippen MR) is 84.3 cm³/mol. The van der Waals surface area contributed by atoms with Crippen molar-refractivity contribution in [3.63, 3.8) is 0 Å². The summed E-state index contributed by atoms with van der Waals surface area (Å²) in [5.41, 5.74) is -0.0173. The molecule has 0 bridgehead atoms. The lowest BCUT2D eigenvalue weighted by molar-refractivity contribution is -0.401. The summed E-state index contributed by atoms with van der Waals surface area (Å²) in [5, 5.41) is 8.38. The fraction of sp³-hybridized carbons (Fsp3) is 0.588. The van der Waals surface area contributed by atoms with Crippen LogP contribution in [0.25, 0.3) is 0 Å². The number of carbonyl (C=O) groups is 1. The number of rotatable bonds is 6. The molecule has 0 aromatic heterocycles. The summed E-state index contributed by atoms with van der Waals surface area (Å²) in [6.45, 7) is 12.3. The van der Waals surface area contributed by atoms with Gasteiger partial charge in [0.05, 0.1) is 16.8 Å². The molecule has 120 valence electrons. The zero-order chi connectivity index (χ0) is 16.5. The van der Waals surface area contributed by atoms with Gasteiger partial charge in [0.25, 0.3) is 0 Å². The van der Waals surface area contributed by atoms with E-state index in [-0.39, 0.29) is 11.2 Å². The van der Waals surface area contributed by atoms with Gasteiger partial charge in [0.2, 0.25) is 0 Å². The normalized spacial score (nSPS) is 11.5. The van der Waals surface area contributed by atoms with Crippen LogP contribution in [0.3, 0.4) is 0 Å². The van der Waals surface area contributed by atoms with Crippen LogP contribution in [0.4, 0.5) is 0 Å². The largest absolute Gasteiger partial charge is 0.478 e. The van der Waals surface area contributed by atoms with E-state index in [9.17, 15) is 4.79 Å². The molecule has 1 aromatic rings. The lowest BCUT2D eigenvalue weighted by Crippen LogP contribution is -2.31. The molecule has 0 unspecified atom stereocenters. The fourth-order valence-corrected chi connectivity index (χ4v) is 0.924. The second kappa shape index (κ2) is 8.80. The number of hydrogen-bond acceptors (Lipinski definition) is 3. The molecule has 4 heteroatoms. The van der Waals surface area contributed by atoms with Gasteiger partial charge in [0, 0.05) is 0 Å². The van der Waals surface area contributed by atoms with Gasteiger partial charge in [-0.05, 0) is 52.7 Å². The molecule has 0 amide bonds. The highest BCUT2D eigenvalue weighted by atomic mass is 17.2. The first kappa shape index (κ1) is 19.6. The van der Waals surface area contributed by atoms with Crippen molar-refractivity contribution in [2.75, 3.05) is 0 Å². The maximum atomic E-state index is 10.2. The Morgan fingerprint density at radius 3 is 1.57 bits per heavy atom. The van der Waals surface area contributed by atoms with Crippen LogP contribution in [0, 0.1) is 0 Å². The van der Waals surface area contributed by atoms with Crippen molar-refractivity contribution in [1.29, 1.82) is 0 Å². The monoisotopic (exact) mass is 296 g/mol. The highest BCUT2D eigenvalue weighted by Crippen LogP contribution is 2.21. The molecule has 0 radical (unpaired) electrons. The van der Waals surface area contributed by atoms with Crippen molar-refractivity contribution >= 4 is 5.97 Å². The number of carboxylic acids is 1. The minimum atomic E-state index is -0.879. The molecule has 0 aliphatic heterocycles. The van der Waals surface area contributed by atoms with Crippen molar-refractivity contribution in [3.8, 4) is 0 Å². The molecular formula is C17H28O4. The molecule has 0 heterocycles. The summed E-state index contributed by atoms with van der Waals surface area (Å²) < 4.78 is 0. The first-order valence-corrected chi connectivity index (χ1v) is 7.28. The molecule has 1 rings (SSSR count). The quantitative estimate of drug-likeness (QED) is 0.611. The van der Waals surface area contributed by atoms with Crippen molar-refractivity contribution in [2.45, 2.75) is 65.6 Å². The summed E-state index contributed by atoms with van der Waals surface area (Å²) in [7, 11) is 0. The lowest BCUT2D eigenvalue weighted by Gasteiger charge is -2.29. The number of aromatic carboxylic acids is 1. The van der Waals surface area contributed by atoms with E-state index in [1.165, 1.54) is 0 Å². The Hall–Kier alpha value is -1.39. The molecule has 1 N–H and O–H groups in total. The third-order valence-electron chi connectivity index (χ3n) is 3.22. The molecule has 0 atom stereocenters. The van der Waals surface area contributed by atoms with E-state index in [2.05, 4.69) is 13.8 Å². The van der Waals surface area contributed by atoms with E-state index in [4.69, 9.17) is 14.9 Å². The maximum absolute atomic E-state index is 10.2. The summed E-state index contributed by atoms with van der Waals surface area (Å²) in [4.78, 5) is 20.9. The molecule has 0 saturated heterocycles. The van der Waals surface area contributed by atoms with Crippen LogP contribution in [-0.4, -0.2) is 22.3 Å². The minimum absolute atomic E-state index is 0.174. The lowest BCUT2D eigenvalue weighted by atomic mass is 10.1. The van der Waals surface area contributed by atoms with Crippen LogP contribution in [0.5, 0.6) is 0 Å². The zero-order valence-corrected chi connectivity index (χ0v) is 14.0. The van der Waals surface area contributed by atoms with E-state index >= 15 is 0 Å². The molecule has 1 aromatic carbocycles. The van der Waals surface area contributed by atoms with Gasteiger partial charge in [0.1, 0.15) is 0 Å². The molecule has 0 spiro atoms. The topological polar surface area (TPSA) is 55.8 Å². The van der Waals surface area contributed by atoms with E-state index in [0.717, 1.165) is 12.8 Å². The van der Waals surface area contributed by atoms with E-state index in [1.807, 2.05) is 27.7 Å². The molecule has 0 aliphatic carbocycles. The van der Waals surface area contributed by atoms with E-state index in [0.29, 0.717) is 5.56 Å². The van der Waals surface area contributed by atoms with Crippen molar-refractivity contribution in [3.05, 3.63) is 35.9 Å². The van der Waals surface area contributed by atoms with Gasteiger partial charge in [-0.1, -0.05) is 32.0 Å². The van der Waals surface area contributed by atoms with Gasteiger partial charge in [-0.2, -0.15) is 0 Å². The molecular weight excluding hydrogens is 268 g/mol. The second-order valence-electron chi connectivity index (χ2n) is 6.06. The number of benzene rings is 1. The first-order chi connectivity index (χ1) is 9.63. The van der Waals surface area contributed by atoms with Crippen molar-refractivity contribution < 1.29 is 19.7 Å². The fourth-order valence-electron chi connectivity index (χ4n) is 0.924. The van der Waals surface area contributed by atoms with E-state index in [1.54, 1.807) is 30.3 Å². The van der Waals surface area contributed by atoms with Gasteiger partial charge >= 0.3 is 5.97 Å². The van der Waals surface area contributed by atoms with Crippen molar-refractivity contribution in [1.82, 2.24) is 0 Å². The number of carboxylic acid groups (broad SMARTS) is 1. The van der Waals surface area contributed by atoms with Crippen LogP contribution in [0.1, 0.15) is 64.7 Å². The Bertz CT molecular complexity index is 394. The van der Waals surface area contributed by atoms with Gasteiger partial charge in [-0.3, -0.25) is 0 Å². The Labute approximate surface area is 128 Å². The molecule has 0 aliphatic rings. The summed E-state index contributed by atoms with van der Waals surface area (Å²) >= 11 is 0. The maximum Gasteiger partial charge on any atom is 0.335 e. The third-order valence-corrected chi connectivity index (χ3v) is 3.22. The second-order valence-corrected chi connectivity index (χ2v) is 6.06. The van der Waals surface area contributed by atoms with Gasteiger partial charge < -0.3 is 5.11 Å². The first-order valence-electron chi connectivity index (χ1n) is 7.28. The van der Waals surface area contributed by atoms with Crippen LogP contribution < -0.4 is 0 Å². The SMILES string of the molecule is CCC(C)(C)OOC(C)(C)CC.O=C(O)c1ccccc1. The smallest absolute Gasteiger partial charge is 0.335 e. The van der Waals surface area contributed by atoms with Crippen LogP contribution in [-0.2, 0) is 9.78 Å². The van der Waals surface area contributed by atoms with Gasteiger partial charge in [-0.15, -0.1) is 0 Å². The van der Waals surface area contributed by atoms with E-state index < -0.39 is 5.97 Å². The Balaban J connectivity index is 0.000000394. The van der Waals surface area contributed by atoms with Crippen LogP contribution in [0.2, 0.25) is 0 Å². The standard InChI is InChI=1S/C10H22O2.C7H6O2/c1-7-9(3,4)11-12-10(5,6)8-2;8-7(9)6-4-2-1-3-5-6/h7-8H2,1-6H3;1-5H,(H,8,9). The van der Waals surface area contributed by atoms with Gasteiger partial charge in [0.15, 0.2) is 0 Å². The summed E-state index contributed by atoms with van der Waals surface area (Å²) in [5.74, 6) is -0.879. The molecule has 0 saturated carbocycles. The number of hydrogen-bond donors (Lipinski definition) is 1. The average molecular weight is 296 g/mol. The highest BCUT2D eigenvalue weighted by molar-refractivity contribution is 5.87. The van der Waals surface area contributed by atoms with Crippen LogP contribution in [0.15, 0.2) is 30.3 Å². The third kappa shape index (κ3) is 9.21. The molecule has 4 nitrogen and oxygen atoms in total. The van der Waals surface area contributed by atoms with Gasteiger partial charge in [-0.25, -0.2) is 14.6 Å². The predicted octanol–water partition coefficient (Wildman–Crippen LogP) is 4.70. The highest BCUT2D eigenvalue weighted by Gasteiger charge is 2.23. The summed E-state index contributed by atoms with van der Waals surface area (Å²) in [6, 6.07) is 8.30. The molecule has 21 heavy (non-hydrogen) atoms. The average Bonchev–Trinajstić information content (AvgIpc) is 2.47. The minimum Gasteiger partial charge on any atom is -0.478 e. The Morgan fingerprint density at radius 2 is 1.33 bits per heavy atom. The Morgan fingerprint density at radius 1 is 0.952 bits per heavy atom. The molecule has 0 fully saturated rings.